The number of nitrogens with one attached hydrogen (secondary N) is 1. The van der Waals surface area contributed by atoms with Gasteiger partial charge in [0.05, 0.1) is 6.54 Å². The summed E-state index contributed by atoms with van der Waals surface area (Å²) < 4.78 is 13.3. The van der Waals surface area contributed by atoms with Gasteiger partial charge in [0.1, 0.15) is 5.82 Å². The van der Waals surface area contributed by atoms with E-state index in [1.165, 1.54) is 12.1 Å². The maximum absolute atomic E-state index is 13.3. The topological polar surface area (TPSA) is 69.7 Å². The molecule has 1 fully saturated rings. The van der Waals surface area contributed by atoms with E-state index in [0.717, 1.165) is 12.1 Å². The molecular weight excluding hydrogens is 373 g/mol. The molecule has 0 bridgehead atoms. The van der Waals surface area contributed by atoms with Crippen LogP contribution in [0.3, 0.4) is 0 Å². The van der Waals surface area contributed by atoms with Crippen LogP contribution in [0, 0.1) is 5.82 Å². The van der Waals surface area contributed by atoms with Crippen molar-refractivity contribution in [3.8, 4) is 0 Å². The van der Waals surface area contributed by atoms with E-state index in [-0.39, 0.29) is 36.6 Å². The zero-order valence-corrected chi connectivity index (χ0v) is 16.4. The van der Waals surface area contributed by atoms with Crippen molar-refractivity contribution in [2.45, 2.75) is 26.3 Å². The Morgan fingerprint density at radius 3 is 2.55 bits per heavy atom. The number of amides is 3. The molecule has 0 saturated carbocycles. The second-order valence-electron chi connectivity index (χ2n) is 6.92. The first-order valence-corrected chi connectivity index (χ1v) is 9.68. The third-order valence-corrected chi connectivity index (χ3v) is 4.91. The second-order valence-corrected chi connectivity index (χ2v) is 6.92. The highest BCUT2D eigenvalue weighted by Gasteiger charge is 2.22. The number of rotatable bonds is 7. The lowest BCUT2D eigenvalue weighted by Crippen LogP contribution is -2.39. The normalized spacial score (nSPS) is 13.4. The molecule has 0 unspecified atom stereocenters. The first kappa shape index (κ1) is 20.5. The van der Waals surface area contributed by atoms with Crippen LogP contribution in [0.2, 0.25) is 0 Å². The highest BCUT2D eigenvalue weighted by atomic mass is 19.1. The highest BCUT2D eigenvalue weighted by molar-refractivity contribution is 5.98. The minimum Gasteiger partial charge on any atom is -0.343 e. The predicted octanol–water partition coefficient (Wildman–Crippen LogP) is 2.73. The molecule has 1 aliphatic rings. The molecule has 3 rings (SSSR count). The molecule has 0 atom stereocenters. The Morgan fingerprint density at radius 1 is 1.17 bits per heavy atom. The van der Waals surface area contributed by atoms with E-state index in [4.69, 9.17) is 0 Å². The largest absolute Gasteiger partial charge is 0.343 e. The van der Waals surface area contributed by atoms with Crippen molar-refractivity contribution >= 4 is 23.4 Å². The lowest BCUT2D eigenvalue weighted by Gasteiger charge is -2.21. The van der Waals surface area contributed by atoms with E-state index in [0.29, 0.717) is 30.6 Å². The van der Waals surface area contributed by atoms with Crippen LogP contribution in [0.4, 0.5) is 10.1 Å². The molecular formula is C22H24FN3O3. The Balaban J connectivity index is 1.54. The maximum atomic E-state index is 13.3. The van der Waals surface area contributed by atoms with Gasteiger partial charge in [-0.1, -0.05) is 12.1 Å². The van der Waals surface area contributed by atoms with Gasteiger partial charge in [-0.2, -0.15) is 0 Å². The molecule has 0 aliphatic carbocycles. The molecule has 1 aliphatic heterocycles. The number of hydrogen-bond acceptors (Lipinski definition) is 3. The van der Waals surface area contributed by atoms with E-state index in [9.17, 15) is 18.8 Å². The maximum Gasteiger partial charge on any atom is 0.251 e. The van der Waals surface area contributed by atoms with Crippen LogP contribution >= 0.6 is 0 Å². The SMILES string of the molecule is CCN(Cc1cccc(F)c1)C(=O)CNC(=O)c1ccc(N2CCCC2=O)cc1. The lowest BCUT2D eigenvalue weighted by atomic mass is 10.2. The standard InChI is InChI=1S/C22H24FN3O3/c1-2-25(15-16-5-3-6-18(23)13-16)21(28)14-24-22(29)17-8-10-19(11-9-17)26-12-4-7-20(26)27/h3,5-6,8-11,13H,2,4,7,12,14-15H2,1H3,(H,24,29). The summed E-state index contributed by atoms with van der Waals surface area (Å²) in [5.74, 6) is -0.868. The molecule has 1 heterocycles. The number of carbonyl (C=O) groups is 3. The Morgan fingerprint density at radius 2 is 1.93 bits per heavy atom. The van der Waals surface area contributed by atoms with Gasteiger partial charge in [-0.25, -0.2) is 4.39 Å². The molecule has 7 heteroatoms. The smallest absolute Gasteiger partial charge is 0.251 e. The van der Waals surface area contributed by atoms with Crippen molar-refractivity contribution < 1.29 is 18.8 Å². The summed E-state index contributed by atoms with van der Waals surface area (Å²) >= 11 is 0. The van der Waals surface area contributed by atoms with Crippen LogP contribution < -0.4 is 10.2 Å². The fourth-order valence-corrected chi connectivity index (χ4v) is 3.32. The zero-order chi connectivity index (χ0) is 20.8. The van der Waals surface area contributed by atoms with Gasteiger partial charge in [0.15, 0.2) is 0 Å². The monoisotopic (exact) mass is 397 g/mol. The van der Waals surface area contributed by atoms with Gasteiger partial charge in [0, 0.05) is 37.3 Å². The van der Waals surface area contributed by atoms with Crippen molar-refractivity contribution in [2.75, 3.05) is 24.5 Å². The van der Waals surface area contributed by atoms with Crippen molar-refractivity contribution in [3.05, 3.63) is 65.5 Å². The summed E-state index contributed by atoms with van der Waals surface area (Å²) in [5, 5.41) is 2.62. The zero-order valence-electron chi connectivity index (χ0n) is 16.4. The number of likely N-dealkylation sites (N-methyl/N-ethyl adjacent to an activating group) is 1. The van der Waals surface area contributed by atoms with Gasteiger partial charge in [-0.05, 0) is 55.3 Å². The molecule has 3 amide bonds. The predicted molar refractivity (Wildman–Crippen MR) is 108 cm³/mol. The van der Waals surface area contributed by atoms with Crippen LogP contribution in [0.15, 0.2) is 48.5 Å². The van der Waals surface area contributed by atoms with E-state index in [1.807, 2.05) is 6.92 Å². The third kappa shape index (κ3) is 5.19. The number of halogens is 1. The van der Waals surface area contributed by atoms with Gasteiger partial charge >= 0.3 is 0 Å². The van der Waals surface area contributed by atoms with E-state index in [1.54, 1.807) is 46.2 Å². The molecule has 29 heavy (non-hydrogen) atoms. The van der Waals surface area contributed by atoms with Crippen LogP contribution in [-0.2, 0) is 16.1 Å². The number of benzene rings is 2. The summed E-state index contributed by atoms with van der Waals surface area (Å²) in [7, 11) is 0. The number of hydrogen-bond donors (Lipinski definition) is 1. The van der Waals surface area contributed by atoms with Gasteiger partial charge in [-0.3, -0.25) is 14.4 Å². The summed E-state index contributed by atoms with van der Waals surface area (Å²) in [6, 6.07) is 12.9. The summed E-state index contributed by atoms with van der Waals surface area (Å²) in [5.41, 5.74) is 1.88. The Kier molecular flexibility index (Phi) is 6.59. The third-order valence-electron chi connectivity index (χ3n) is 4.91. The summed E-state index contributed by atoms with van der Waals surface area (Å²) in [4.78, 5) is 39.8. The average molecular weight is 397 g/mol. The lowest BCUT2D eigenvalue weighted by molar-refractivity contribution is -0.130. The van der Waals surface area contributed by atoms with Crippen LogP contribution in [0.5, 0.6) is 0 Å². The van der Waals surface area contributed by atoms with Gasteiger partial charge in [-0.15, -0.1) is 0 Å². The van der Waals surface area contributed by atoms with Crippen LogP contribution in [0.1, 0.15) is 35.7 Å². The van der Waals surface area contributed by atoms with Crippen molar-refractivity contribution in [1.82, 2.24) is 10.2 Å². The fraction of sp³-hybridized carbons (Fsp3) is 0.318. The highest BCUT2D eigenvalue weighted by Crippen LogP contribution is 2.21. The molecule has 0 aromatic heterocycles. The van der Waals surface area contributed by atoms with Crippen LogP contribution in [0.25, 0.3) is 0 Å². The summed E-state index contributed by atoms with van der Waals surface area (Å²) in [6.45, 7) is 3.11. The Hall–Kier alpha value is -3.22. The molecule has 6 nitrogen and oxygen atoms in total. The molecule has 2 aromatic rings. The fourth-order valence-electron chi connectivity index (χ4n) is 3.32. The molecule has 0 radical (unpaired) electrons. The molecule has 0 spiro atoms. The van der Waals surface area contributed by atoms with E-state index >= 15 is 0 Å². The Bertz CT molecular complexity index is 898. The summed E-state index contributed by atoms with van der Waals surface area (Å²) in [6.07, 6.45) is 1.39. The van der Waals surface area contributed by atoms with Crippen molar-refractivity contribution in [2.24, 2.45) is 0 Å². The average Bonchev–Trinajstić information content (AvgIpc) is 3.16. The number of carbonyl (C=O) groups excluding carboxylic acids is 3. The van der Waals surface area contributed by atoms with Crippen molar-refractivity contribution in [1.29, 1.82) is 0 Å². The second kappa shape index (κ2) is 9.32. The number of nitrogens with zero attached hydrogens (tertiary/aromatic N) is 2. The molecule has 152 valence electrons. The molecule has 2 aromatic carbocycles. The van der Waals surface area contributed by atoms with E-state index < -0.39 is 0 Å². The minimum atomic E-state index is -0.362. The molecule has 1 saturated heterocycles. The van der Waals surface area contributed by atoms with Gasteiger partial charge < -0.3 is 15.1 Å². The minimum absolute atomic E-state index is 0.0887. The van der Waals surface area contributed by atoms with Crippen molar-refractivity contribution in [3.63, 3.8) is 0 Å². The first-order chi connectivity index (χ1) is 14.0. The van der Waals surface area contributed by atoms with E-state index in [2.05, 4.69) is 5.32 Å². The van der Waals surface area contributed by atoms with Gasteiger partial charge in [0.25, 0.3) is 5.91 Å². The first-order valence-electron chi connectivity index (χ1n) is 9.68. The van der Waals surface area contributed by atoms with Crippen LogP contribution in [-0.4, -0.2) is 42.3 Å². The van der Waals surface area contributed by atoms with Gasteiger partial charge in [0.2, 0.25) is 11.8 Å². The molecule has 1 N–H and O–H groups in total. The quantitative estimate of drug-likeness (QED) is 0.781. The Labute approximate surface area is 169 Å². The number of anilines is 1.